The maximum Gasteiger partial charge on any atom is 0.335 e. The standard InChI is InChI=1S/C14H20N2O2/c1-9(2)12-4-3-7-16(12)13-8-10(14(17)18)5-6-11(13)15/h5-6,8-9,12H,3-4,7,15H2,1-2H3,(H,17,18). The minimum absolute atomic E-state index is 0.300. The number of anilines is 2. The predicted molar refractivity (Wildman–Crippen MR) is 73.0 cm³/mol. The third-order valence-electron chi connectivity index (χ3n) is 3.66. The van der Waals surface area contributed by atoms with Gasteiger partial charge >= 0.3 is 5.97 Å². The van der Waals surface area contributed by atoms with E-state index in [0.29, 0.717) is 23.2 Å². The van der Waals surface area contributed by atoms with Gasteiger partial charge in [0.25, 0.3) is 0 Å². The molecular weight excluding hydrogens is 228 g/mol. The third-order valence-corrected chi connectivity index (χ3v) is 3.66. The number of nitrogens with zero attached hydrogens (tertiary/aromatic N) is 1. The number of nitrogens with two attached hydrogens (primary N) is 1. The number of carboxylic acids is 1. The van der Waals surface area contributed by atoms with Crippen molar-refractivity contribution in [3.05, 3.63) is 23.8 Å². The van der Waals surface area contributed by atoms with Gasteiger partial charge in [0, 0.05) is 12.6 Å². The summed E-state index contributed by atoms with van der Waals surface area (Å²) in [5.41, 5.74) is 7.82. The predicted octanol–water partition coefficient (Wildman–Crippen LogP) is 2.59. The van der Waals surface area contributed by atoms with Crippen molar-refractivity contribution in [3.8, 4) is 0 Å². The molecule has 1 unspecified atom stereocenters. The summed E-state index contributed by atoms with van der Waals surface area (Å²) < 4.78 is 0. The van der Waals surface area contributed by atoms with Gasteiger partial charge in [-0.1, -0.05) is 13.8 Å². The van der Waals surface area contributed by atoms with Gasteiger partial charge in [0.15, 0.2) is 0 Å². The van der Waals surface area contributed by atoms with Crippen molar-refractivity contribution >= 4 is 17.3 Å². The van der Waals surface area contributed by atoms with Crippen LogP contribution in [0.1, 0.15) is 37.0 Å². The van der Waals surface area contributed by atoms with Gasteiger partial charge in [0.05, 0.1) is 16.9 Å². The highest BCUT2D eigenvalue weighted by molar-refractivity contribution is 5.90. The first kappa shape index (κ1) is 12.7. The summed E-state index contributed by atoms with van der Waals surface area (Å²) in [6.07, 6.45) is 2.29. The minimum Gasteiger partial charge on any atom is -0.478 e. The van der Waals surface area contributed by atoms with Crippen LogP contribution in [0, 0.1) is 5.92 Å². The maximum atomic E-state index is 11.0. The van der Waals surface area contributed by atoms with Crippen molar-refractivity contribution in [2.45, 2.75) is 32.7 Å². The van der Waals surface area contributed by atoms with Crippen molar-refractivity contribution in [2.24, 2.45) is 5.92 Å². The average molecular weight is 248 g/mol. The lowest BCUT2D eigenvalue weighted by atomic mass is 10.0. The second kappa shape index (κ2) is 4.88. The molecule has 0 aliphatic carbocycles. The molecular formula is C14H20N2O2. The monoisotopic (exact) mass is 248 g/mol. The van der Waals surface area contributed by atoms with E-state index in [1.807, 2.05) is 0 Å². The van der Waals surface area contributed by atoms with Gasteiger partial charge in [-0.3, -0.25) is 0 Å². The molecule has 1 aliphatic heterocycles. The highest BCUT2D eigenvalue weighted by Crippen LogP contribution is 2.34. The fraction of sp³-hybridized carbons (Fsp3) is 0.500. The zero-order valence-corrected chi connectivity index (χ0v) is 10.9. The molecule has 1 aromatic rings. The zero-order valence-electron chi connectivity index (χ0n) is 10.9. The molecule has 0 aromatic heterocycles. The van der Waals surface area contributed by atoms with Crippen molar-refractivity contribution in [3.63, 3.8) is 0 Å². The quantitative estimate of drug-likeness (QED) is 0.807. The minimum atomic E-state index is -0.906. The molecule has 98 valence electrons. The second-order valence-corrected chi connectivity index (χ2v) is 5.23. The van der Waals surface area contributed by atoms with Gasteiger partial charge in [-0.2, -0.15) is 0 Å². The normalized spacial score (nSPS) is 19.5. The summed E-state index contributed by atoms with van der Waals surface area (Å²) in [5.74, 6) is -0.364. The number of hydrogen-bond acceptors (Lipinski definition) is 3. The van der Waals surface area contributed by atoms with Gasteiger partial charge in [0.1, 0.15) is 0 Å². The Morgan fingerprint density at radius 1 is 1.50 bits per heavy atom. The fourth-order valence-electron chi connectivity index (χ4n) is 2.71. The van der Waals surface area contributed by atoms with Crippen molar-refractivity contribution in [1.82, 2.24) is 0 Å². The van der Waals surface area contributed by atoms with Crippen molar-refractivity contribution in [2.75, 3.05) is 17.2 Å². The summed E-state index contributed by atoms with van der Waals surface area (Å²) in [7, 11) is 0. The molecule has 0 saturated carbocycles. The summed E-state index contributed by atoms with van der Waals surface area (Å²) in [4.78, 5) is 13.3. The Bertz CT molecular complexity index is 457. The number of benzene rings is 1. The molecule has 1 aromatic carbocycles. The first-order valence-corrected chi connectivity index (χ1v) is 6.40. The highest BCUT2D eigenvalue weighted by Gasteiger charge is 2.28. The topological polar surface area (TPSA) is 66.6 Å². The van der Waals surface area contributed by atoms with Crippen LogP contribution < -0.4 is 10.6 Å². The lowest BCUT2D eigenvalue weighted by molar-refractivity contribution is 0.0697. The molecule has 3 N–H and O–H groups in total. The molecule has 1 fully saturated rings. The van der Waals surface area contributed by atoms with Crippen LogP contribution in [-0.2, 0) is 0 Å². The molecule has 4 nitrogen and oxygen atoms in total. The van der Waals surface area contributed by atoms with Crippen LogP contribution in [0.25, 0.3) is 0 Å². The number of carbonyl (C=O) groups is 1. The molecule has 0 bridgehead atoms. The first-order valence-electron chi connectivity index (χ1n) is 6.40. The Balaban J connectivity index is 2.37. The van der Waals surface area contributed by atoms with E-state index in [4.69, 9.17) is 10.8 Å². The number of nitrogen functional groups attached to an aromatic ring is 1. The summed E-state index contributed by atoms with van der Waals surface area (Å²) in [5, 5.41) is 9.06. The summed E-state index contributed by atoms with van der Waals surface area (Å²) >= 11 is 0. The van der Waals surface area contributed by atoms with E-state index in [9.17, 15) is 4.79 Å². The van der Waals surface area contributed by atoms with Crippen molar-refractivity contribution in [1.29, 1.82) is 0 Å². The molecule has 0 radical (unpaired) electrons. The van der Waals surface area contributed by atoms with E-state index >= 15 is 0 Å². The van der Waals surface area contributed by atoms with Crippen molar-refractivity contribution < 1.29 is 9.90 Å². The smallest absolute Gasteiger partial charge is 0.335 e. The van der Waals surface area contributed by atoms with Crippen LogP contribution in [0.3, 0.4) is 0 Å². The number of aromatic carboxylic acids is 1. The molecule has 1 atom stereocenters. The van der Waals surface area contributed by atoms with Crippen LogP contribution in [0.5, 0.6) is 0 Å². The van der Waals surface area contributed by atoms with Crippen LogP contribution in [-0.4, -0.2) is 23.7 Å². The first-order chi connectivity index (χ1) is 8.50. The Morgan fingerprint density at radius 3 is 2.83 bits per heavy atom. The molecule has 1 heterocycles. The van der Waals surface area contributed by atoms with Gasteiger partial charge < -0.3 is 15.7 Å². The molecule has 1 aliphatic rings. The van der Waals surface area contributed by atoms with Gasteiger partial charge in [0.2, 0.25) is 0 Å². The Hall–Kier alpha value is -1.71. The van der Waals surface area contributed by atoms with Crippen LogP contribution >= 0.6 is 0 Å². The Morgan fingerprint density at radius 2 is 2.22 bits per heavy atom. The Kier molecular flexibility index (Phi) is 3.45. The SMILES string of the molecule is CC(C)C1CCCN1c1cc(C(=O)O)ccc1N. The number of carboxylic acid groups (broad SMARTS) is 1. The molecule has 0 spiro atoms. The van der Waals surface area contributed by atoms with Gasteiger partial charge in [-0.25, -0.2) is 4.79 Å². The molecule has 1 saturated heterocycles. The maximum absolute atomic E-state index is 11.0. The number of rotatable bonds is 3. The Labute approximate surface area is 107 Å². The van der Waals surface area contributed by atoms with E-state index < -0.39 is 5.97 Å². The van der Waals surface area contributed by atoms with E-state index in [0.717, 1.165) is 25.1 Å². The van der Waals surface area contributed by atoms with E-state index in [2.05, 4.69) is 18.7 Å². The lowest BCUT2D eigenvalue weighted by Crippen LogP contribution is -2.34. The van der Waals surface area contributed by atoms with Gasteiger partial charge in [-0.05, 0) is 37.0 Å². The van der Waals surface area contributed by atoms with Gasteiger partial charge in [-0.15, -0.1) is 0 Å². The van der Waals surface area contributed by atoms with Crippen LogP contribution in [0.2, 0.25) is 0 Å². The fourth-order valence-corrected chi connectivity index (χ4v) is 2.71. The number of hydrogen-bond donors (Lipinski definition) is 2. The van der Waals surface area contributed by atoms with E-state index in [1.54, 1.807) is 18.2 Å². The largest absolute Gasteiger partial charge is 0.478 e. The summed E-state index contributed by atoms with van der Waals surface area (Å²) in [6.45, 7) is 5.34. The third kappa shape index (κ3) is 2.28. The van der Waals surface area contributed by atoms with Crippen LogP contribution in [0.15, 0.2) is 18.2 Å². The molecule has 2 rings (SSSR count). The molecule has 4 heteroatoms. The lowest BCUT2D eigenvalue weighted by Gasteiger charge is -2.30. The summed E-state index contributed by atoms with van der Waals surface area (Å²) in [6, 6.07) is 5.39. The molecule has 18 heavy (non-hydrogen) atoms. The second-order valence-electron chi connectivity index (χ2n) is 5.23. The average Bonchev–Trinajstić information content (AvgIpc) is 2.78. The van der Waals surface area contributed by atoms with Crippen LogP contribution in [0.4, 0.5) is 11.4 Å². The highest BCUT2D eigenvalue weighted by atomic mass is 16.4. The van der Waals surface area contributed by atoms with E-state index in [1.165, 1.54) is 0 Å². The van der Waals surface area contributed by atoms with E-state index in [-0.39, 0.29) is 0 Å². The zero-order chi connectivity index (χ0) is 13.3. The molecule has 0 amide bonds.